The van der Waals surface area contributed by atoms with E-state index in [4.69, 9.17) is 4.74 Å². The third-order valence-electron chi connectivity index (χ3n) is 5.22. The lowest BCUT2D eigenvalue weighted by molar-refractivity contribution is 0.141. The average Bonchev–Trinajstić information content (AvgIpc) is 2.67. The van der Waals surface area contributed by atoms with Crippen molar-refractivity contribution in [1.82, 2.24) is 14.8 Å². The lowest BCUT2D eigenvalue weighted by Gasteiger charge is -2.34. The number of rotatable bonds is 8. The van der Waals surface area contributed by atoms with Crippen molar-refractivity contribution in [3.63, 3.8) is 0 Å². The molecule has 3 rings (SSSR count). The van der Waals surface area contributed by atoms with Crippen LogP contribution in [-0.4, -0.2) is 55.1 Å². The topological polar surface area (TPSA) is 28.6 Å². The maximum Gasteiger partial charge on any atom is 0.122 e. The first-order valence-electron chi connectivity index (χ1n) is 9.67. The number of pyridine rings is 1. The van der Waals surface area contributed by atoms with Crippen molar-refractivity contribution in [2.24, 2.45) is 5.92 Å². The lowest BCUT2D eigenvalue weighted by atomic mass is 9.97. The zero-order valence-electron chi connectivity index (χ0n) is 16.1. The Labute approximate surface area is 157 Å². The highest BCUT2D eigenvalue weighted by Gasteiger charge is 2.21. The molecule has 1 aromatic carbocycles. The molecule has 0 amide bonds. The highest BCUT2D eigenvalue weighted by atomic mass is 16.5. The minimum absolute atomic E-state index is 0.745. The molecule has 1 unspecified atom stereocenters. The summed E-state index contributed by atoms with van der Waals surface area (Å²) in [6.45, 7) is 5.60. The molecule has 1 aliphatic rings. The van der Waals surface area contributed by atoms with Gasteiger partial charge in [0.15, 0.2) is 0 Å². The second kappa shape index (κ2) is 9.70. The Bertz CT molecular complexity index is 661. The first kappa shape index (κ1) is 18.9. The Balaban J connectivity index is 1.46. The molecule has 2 aromatic rings. The van der Waals surface area contributed by atoms with Gasteiger partial charge in [-0.2, -0.15) is 0 Å². The van der Waals surface area contributed by atoms with E-state index in [1.165, 1.54) is 31.5 Å². The summed E-state index contributed by atoms with van der Waals surface area (Å²) in [5.74, 6) is 1.76. The van der Waals surface area contributed by atoms with Crippen LogP contribution in [0.4, 0.5) is 0 Å². The average molecular weight is 354 g/mol. The molecule has 1 fully saturated rings. The second-order valence-electron chi connectivity index (χ2n) is 7.39. The number of ether oxygens (including phenoxy) is 1. The van der Waals surface area contributed by atoms with Gasteiger partial charge in [-0.1, -0.05) is 24.3 Å². The van der Waals surface area contributed by atoms with E-state index in [2.05, 4.69) is 52.2 Å². The minimum Gasteiger partial charge on any atom is -0.496 e. The summed E-state index contributed by atoms with van der Waals surface area (Å²) in [5.41, 5.74) is 2.46. The van der Waals surface area contributed by atoms with Crippen molar-refractivity contribution in [3.05, 3.63) is 59.9 Å². The van der Waals surface area contributed by atoms with Gasteiger partial charge in [0.2, 0.25) is 0 Å². The van der Waals surface area contributed by atoms with Gasteiger partial charge in [-0.05, 0) is 62.5 Å². The molecule has 4 heteroatoms. The second-order valence-corrected chi connectivity index (χ2v) is 7.39. The Kier molecular flexibility index (Phi) is 7.04. The van der Waals surface area contributed by atoms with Crippen LogP contribution in [0.5, 0.6) is 5.75 Å². The quantitative estimate of drug-likeness (QED) is 0.726. The van der Waals surface area contributed by atoms with Gasteiger partial charge < -0.3 is 14.5 Å². The fourth-order valence-electron chi connectivity index (χ4n) is 3.96. The van der Waals surface area contributed by atoms with Crippen molar-refractivity contribution in [2.45, 2.75) is 25.8 Å². The molecular weight excluding hydrogens is 322 g/mol. The number of aromatic nitrogens is 1. The molecule has 140 valence electrons. The van der Waals surface area contributed by atoms with Crippen molar-refractivity contribution < 1.29 is 4.74 Å². The standard InChI is InChI=1S/C22H31N3O/c1-24(18-21-10-5-6-13-23-21)16-19-8-7-14-25(17-19)15-12-20-9-3-4-11-22(20)26-2/h3-6,9-11,13,19H,7-8,12,14-18H2,1-2H3. The van der Waals surface area contributed by atoms with Crippen LogP contribution >= 0.6 is 0 Å². The number of hydrogen-bond acceptors (Lipinski definition) is 4. The molecule has 4 nitrogen and oxygen atoms in total. The Morgan fingerprint density at radius 2 is 2.04 bits per heavy atom. The molecule has 0 spiro atoms. The predicted molar refractivity (Wildman–Crippen MR) is 106 cm³/mol. The molecule has 0 N–H and O–H groups in total. The van der Waals surface area contributed by atoms with Crippen LogP contribution in [0.15, 0.2) is 48.7 Å². The number of nitrogens with zero attached hydrogens (tertiary/aromatic N) is 3. The van der Waals surface area contributed by atoms with Gasteiger partial charge in [-0.3, -0.25) is 4.98 Å². The van der Waals surface area contributed by atoms with Crippen LogP contribution < -0.4 is 4.74 Å². The van der Waals surface area contributed by atoms with Gasteiger partial charge in [0, 0.05) is 32.4 Å². The van der Waals surface area contributed by atoms with Crippen LogP contribution in [0.2, 0.25) is 0 Å². The number of hydrogen-bond donors (Lipinski definition) is 0. The van der Waals surface area contributed by atoms with E-state index in [0.29, 0.717) is 0 Å². The largest absolute Gasteiger partial charge is 0.496 e. The molecule has 26 heavy (non-hydrogen) atoms. The van der Waals surface area contributed by atoms with Crippen LogP contribution in [0, 0.1) is 5.92 Å². The van der Waals surface area contributed by atoms with Crippen LogP contribution in [0.1, 0.15) is 24.1 Å². The van der Waals surface area contributed by atoms with Gasteiger partial charge in [0.05, 0.1) is 12.8 Å². The van der Waals surface area contributed by atoms with Gasteiger partial charge in [-0.15, -0.1) is 0 Å². The van der Waals surface area contributed by atoms with E-state index in [-0.39, 0.29) is 0 Å². The van der Waals surface area contributed by atoms with E-state index >= 15 is 0 Å². The zero-order chi connectivity index (χ0) is 18.2. The third-order valence-corrected chi connectivity index (χ3v) is 5.22. The zero-order valence-corrected chi connectivity index (χ0v) is 16.1. The van der Waals surface area contributed by atoms with E-state index in [9.17, 15) is 0 Å². The van der Waals surface area contributed by atoms with Gasteiger partial charge in [-0.25, -0.2) is 0 Å². The van der Waals surface area contributed by atoms with Gasteiger partial charge in [0.25, 0.3) is 0 Å². The van der Waals surface area contributed by atoms with Crippen LogP contribution in [0.3, 0.4) is 0 Å². The van der Waals surface area contributed by atoms with Crippen molar-refractivity contribution in [1.29, 1.82) is 0 Å². The maximum atomic E-state index is 5.48. The first-order valence-corrected chi connectivity index (χ1v) is 9.67. The van der Waals surface area contributed by atoms with Crippen LogP contribution in [0.25, 0.3) is 0 Å². The predicted octanol–water partition coefficient (Wildman–Crippen LogP) is 3.48. The molecule has 0 radical (unpaired) electrons. The van der Waals surface area contributed by atoms with Crippen molar-refractivity contribution in [3.8, 4) is 5.75 Å². The summed E-state index contributed by atoms with van der Waals surface area (Å²) in [6, 6.07) is 14.5. The Morgan fingerprint density at radius 1 is 1.19 bits per heavy atom. The number of para-hydroxylation sites is 1. The highest BCUT2D eigenvalue weighted by molar-refractivity contribution is 5.33. The highest BCUT2D eigenvalue weighted by Crippen LogP contribution is 2.21. The Hall–Kier alpha value is -1.91. The summed E-state index contributed by atoms with van der Waals surface area (Å²) in [6.07, 6.45) is 5.57. The maximum absolute atomic E-state index is 5.48. The summed E-state index contributed by atoms with van der Waals surface area (Å²) >= 11 is 0. The van der Waals surface area contributed by atoms with Crippen molar-refractivity contribution >= 4 is 0 Å². The molecule has 1 atom stereocenters. The molecule has 0 bridgehead atoms. The van der Waals surface area contributed by atoms with Crippen molar-refractivity contribution in [2.75, 3.05) is 40.3 Å². The summed E-state index contributed by atoms with van der Waals surface area (Å²) < 4.78 is 5.48. The molecule has 0 aliphatic carbocycles. The molecule has 1 saturated heterocycles. The normalized spacial score (nSPS) is 18.2. The minimum atomic E-state index is 0.745. The van der Waals surface area contributed by atoms with E-state index in [1.54, 1.807) is 7.11 Å². The smallest absolute Gasteiger partial charge is 0.122 e. The summed E-state index contributed by atoms with van der Waals surface area (Å²) in [4.78, 5) is 9.48. The summed E-state index contributed by atoms with van der Waals surface area (Å²) in [7, 11) is 3.97. The van der Waals surface area contributed by atoms with Gasteiger partial charge >= 0.3 is 0 Å². The number of likely N-dealkylation sites (tertiary alicyclic amines) is 1. The molecule has 1 aromatic heterocycles. The Morgan fingerprint density at radius 3 is 2.85 bits per heavy atom. The molecule has 1 aliphatic heterocycles. The molecule has 0 saturated carbocycles. The molecule has 2 heterocycles. The van der Waals surface area contributed by atoms with Gasteiger partial charge in [0.1, 0.15) is 5.75 Å². The lowest BCUT2D eigenvalue weighted by Crippen LogP contribution is -2.40. The fraction of sp³-hybridized carbons (Fsp3) is 0.500. The van der Waals surface area contributed by atoms with Crippen LogP contribution in [-0.2, 0) is 13.0 Å². The fourth-order valence-corrected chi connectivity index (χ4v) is 3.96. The first-order chi connectivity index (χ1) is 12.7. The number of benzene rings is 1. The molecular formula is C22H31N3O. The van der Waals surface area contributed by atoms with E-state index < -0.39 is 0 Å². The number of piperidine rings is 1. The SMILES string of the molecule is COc1ccccc1CCN1CCCC(CN(C)Cc2ccccn2)C1. The van der Waals surface area contributed by atoms with E-state index in [1.807, 2.05) is 18.3 Å². The number of methoxy groups -OCH3 is 1. The van der Waals surface area contributed by atoms with E-state index in [0.717, 1.165) is 43.4 Å². The summed E-state index contributed by atoms with van der Waals surface area (Å²) in [5, 5.41) is 0. The third kappa shape index (κ3) is 5.55. The monoisotopic (exact) mass is 353 g/mol.